The number of hydrogen-bond donors (Lipinski definition) is 1. The van der Waals surface area contributed by atoms with Crippen LogP contribution in [0.1, 0.15) is 29.2 Å². The fourth-order valence-corrected chi connectivity index (χ4v) is 2.51. The monoisotopic (exact) mass is 265 g/mol. The molecule has 1 aliphatic rings. The van der Waals surface area contributed by atoms with Crippen LogP contribution in [0.25, 0.3) is 0 Å². The first-order chi connectivity index (χ1) is 9.72. The molecule has 0 aromatic heterocycles. The predicted octanol–water partition coefficient (Wildman–Crippen LogP) is 2.07. The first kappa shape index (κ1) is 12.9. The van der Waals surface area contributed by atoms with Gasteiger partial charge in [-0.1, -0.05) is 48.5 Å². The van der Waals surface area contributed by atoms with Crippen molar-refractivity contribution in [2.24, 2.45) is 0 Å². The molecule has 0 saturated carbocycles. The predicted molar refractivity (Wildman–Crippen MR) is 77.2 cm³/mol. The summed E-state index contributed by atoms with van der Waals surface area (Å²) < 4.78 is 5.43. The van der Waals surface area contributed by atoms with E-state index in [0.29, 0.717) is 0 Å². The minimum atomic E-state index is -0.843. The lowest BCUT2D eigenvalue weighted by Gasteiger charge is -2.10. The second-order valence-electron chi connectivity index (χ2n) is 4.97. The van der Waals surface area contributed by atoms with Crippen LogP contribution in [-0.2, 0) is 15.9 Å². The van der Waals surface area contributed by atoms with Gasteiger partial charge in [0.1, 0.15) is 0 Å². The van der Waals surface area contributed by atoms with Crippen LogP contribution in [0.2, 0.25) is 0 Å². The Morgan fingerprint density at radius 1 is 1.15 bits per heavy atom. The number of carboxylic acids is 1. The summed E-state index contributed by atoms with van der Waals surface area (Å²) in [6, 6.07) is 16.4. The summed E-state index contributed by atoms with van der Waals surface area (Å²) in [5.41, 5.74) is 4.41. The molecule has 3 rings (SSSR count). The summed E-state index contributed by atoms with van der Waals surface area (Å²) in [6.45, 7) is 0. The van der Waals surface area contributed by atoms with Crippen molar-refractivity contribution >= 4 is 18.9 Å². The normalized spacial score (nSPS) is 16.5. The van der Waals surface area contributed by atoms with E-state index >= 15 is 0 Å². The molecule has 99 valence electrons. The second-order valence-corrected chi connectivity index (χ2v) is 4.97. The molecule has 0 aliphatic carbocycles. The lowest BCUT2D eigenvalue weighted by Crippen LogP contribution is -2.12. The molecule has 2 aromatic carbocycles. The topological polar surface area (TPSA) is 46.5 Å². The molecule has 0 saturated heterocycles. The van der Waals surface area contributed by atoms with E-state index in [1.54, 1.807) is 7.48 Å². The summed E-state index contributed by atoms with van der Waals surface area (Å²) in [5, 5.41) is 8.86. The highest BCUT2D eigenvalue weighted by Crippen LogP contribution is 2.25. The minimum absolute atomic E-state index is 0.00152. The average Bonchev–Trinajstić information content (AvgIpc) is 2.82. The van der Waals surface area contributed by atoms with E-state index in [2.05, 4.69) is 18.2 Å². The highest BCUT2D eigenvalue weighted by molar-refractivity contribution is 6.49. The Morgan fingerprint density at radius 3 is 2.70 bits per heavy atom. The summed E-state index contributed by atoms with van der Waals surface area (Å²) in [5.74, 6) is -0.843. The maximum atomic E-state index is 10.8. The Bertz CT molecular complexity index is 625. The Hall–Kier alpha value is -2.07. The van der Waals surface area contributed by atoms with E-state index in [9.17, 15) is 4.79 Å². The van der Waals surface area contributed by atoms with Crippen LogP contribution in [0.3, 0.4) is 0 Å². The van der Waals surface area contributed by atoms with Crippen LogP contribution < -0.4 is 5.46 Å². The molecule has 20 heavy (non-hydrogen) atoms. The van der Waals surface area contributed by atoms with Crippen LogP contribution in [0.15, 0.2) is 48.5 Å². The molecular formula is C16H14BO3. The summed E-state index contributed by atoms with van der Waals surface area (Å²) in [4.78, 5) is 10.8. The van der Waals surface area contributed by atoms with E-state index in [1.807, 2.05) is 30.3 Å². The molecule has 1 heterocycles. The lowest BCUT2D eigenvalue weighted by atomic mass is 9.84. The van der Waals surface area contributed by atoms with Crippen molar-refractivity contribution in [3.63, 3.8) is 0 Å². The standard InChI is InChI=1S/C16H14BO3/c18-16(19)10-15-13-7-6-12(9-14(13)17-20-15)8-11-4-2-1-3-5-11/h1-7,9,15H,8,10H2,(H,18,19). The maximum absolute atomic E-state index is 10.8. The average molecular weight is 265 g/mol. The van der Waals surface area contributed by atoms with E-state index in [-0.39, 0.29) is 12.5 Å². The van der Waals surface area contributed by atoms with Gasteiger partial charge in [-0.15, -0.1) is 0 Å². The molecule has 3 nitrogen and oxygen atoms in total. The zero-order chi connectivity index (χ0) is 13.9. The minimum Gasteiger partial charge on any atom is -0.481 e. The number of aliphatic carboxylic acids is 1. The third-order valence-corrected chi connectivity index (χ3v) is 3.47. The molecule has 1 atom stereocenters. The van der Waals surface area contributed by atoms with Gasteiger partial charge in [0.05, 0.1) is 12.5 Å². The van der Waals surface area contributed by atoms with Crippen LogP contribution in [-0.4, -0.2) is 18.6 Å². The van der Waals surface area contributed by atoms with Gasteiger partial charge in [-0.25, -0.2) is 0 Å². The van der Waals surface area contributed by atoms with Gasteiger partial charge in [0.25, 0.3) is 0 Å². The largest absolute Gasteiger partial charge is 0.481 e. The quantitative estimate of drug-likeness (QED) is 0.861. The fraction of sp³-hybridized carbons (Fsp3) is 0.188. The number of carbonyl (C=O) groups is 1. The fourth-order valence-electron chi connectivity index (χ4n) is 2.51. The van der Waals surface area contributed by atoms with Gasteiger partial charge in [-0.3, -0.25) is 4.79 Å². The smallest absolute Gasteiger partial charge is 0.331 e. The zero-order valence-corrected chi connectivity index (χ0v) is 11.0. The van der Waals surface area contributed by atoms with Crippen molar-refractivity contribution in [2.45, 2.75) is 18.9 Å². The molecule has 0 bridgehead atoms. The summed E-state index contributed by atoms with van der Waals surface area (Å²) in [7, 11) is 1.66. The SMILES string of the molecule is O=C(O)CC1O[B]c2cc(Cc3ccccc3)ccc21. The van der Waals surface area contributed by atoms with Crippen molar-refractivity contribution in [3.8, 4) is 0 Å². The van der Waals surface area contributed by atoms with Gasteiger partial charge >= 0.3 is 13.5 Å². The van der Waals surface area contributed by atoms with Crippen molar-refractivity contribution in [2.75, 3.05) is 0 Å². The number of carboxylic acid groups (broad SMARTS) is 1. The van der Waals surface area contributed by atoms with E-state index < -0.39 is 5.97 Å². The Balaban J connectivity index is 1.79. The third kappa shape index (κ3) is 2.75. The Labute approximate surface area is 118 Å². The molecule has 1 unspecified atom stereocenters. The van der Waals surface area contributed by atoms with Gasteiger partial charge in [0.15, 0.2) is 0 Å². The molecule has 0 fully saturated rings. The van der Waals surface area contributed by atoms with Gasteiger partial charge in [0, 0.05) is 0 Å². The molecule has 1 aliphatic heterocycles. The van der Waals surface area contributed by atoms with Gasteiger partial charge in [0.2, 0.25) is 0 Å². The zero-order valence-electron chi connectivity index (χ0n) is 11.0. The van der Waals surface area contributed by atoms with E-state index in [0.717, 1.165) is 17.4 Å². The molecule has 1 radical (unpaired) electrons. The number of fused-ring (bicyclic) bond motifs is 1. The van der Waals surface area contributed by atoms with Gasteiger partial charge < -0.3 is 9.76 Å². The van der Waals surface area contributed by atoms with Crippen molar-refractivity contribution in [1.82, 2.24) is 0 Å². The molecule has 2 aromatic rings. The third-order valence-electron chi connectivity index (χ3n) is 3.47. The van der Waals surface area contributed by atoms with E-state index in [4.69, 9.17) is 9.76 Å². The van der Waals surface area contributed by atoms with Crippen LogP contribution in [0, 0.1) is 0 Å². The molecule has 4 heteroatoms. The van der Waals surface area contributed by atoms with Crippen molar-refractivity contribution in [3.05, 3.63) is 65.2 Å². The second kappa shape index (κ2) is 5.51. The van der Waals surface area contributed by atoms with Gasteiger partial charge in [-0.05, 0) is 28.6 Å². The van der Waals surface area contributed by atoms with Crippen molar-refractivity contribution in [1.29, 1.82) is 0 Å². The summed E-state index contributed by atoms with van der Waals surface area (Å²) >= 11 is 0. The Morgan fingerprint density at radius 2 is 1.95 bits per heavy atom. The number of hydrogen-bond acceptors (Lipinski definition) is 2. The lowest BCUT2D eigenvalue weighted by molar-refractivity contribution is -0.138. The molecule has 0 spiro atoms. The highest BCUT2D eigenvalue weighted by atomic mass is 16.4. The van der Waals surface area contributed by atoms with Gasteiger partial charge in [-0.2, -0.15) is 0 Å². The number of benzene rings is 2. The first-order valence-corrected chi connectivity index (χ1v) is 6.59. The van der Waals surface area contributed by atoms with E-state index in [1.165, 1.54) is 11.1 Å². The van der Waals surface area contributed by atoms with Crippen LogP contribution in [0.4, 0.5) is 0 Å². The maximum Gasteiger partial charge on any atom is 0.331 e. The molecular weight excluding hydrogens is 251 g/mol. The highest BCUT2D eigenvalue weighted by Gasteiger charge is 2.26. The number of rotatable bonds is 4. The first-order valence-electron chi connectivity index (χ1n) is 6.59. The van der Waals surface area contributed by atoms with Crippen molar-refractivity contribution < 1.29 is 14.6 Å². The molecule has 1 N–H and O–H groups in total. The van der Waals surface area contributed by atoms with Crippen LogP contribution in [0.5, 0.6) is 0 Å². The van der Waals surface area contributed by atoms with Crippen LogP contribution >= 0.6 is 0 Å². The Kier molecular flexibility index (Phi) is 3.57. The molecule has 0 amide bonds. The summed E-state index contributed by atoms with van der Waals surface area (Å²) in [6.07, 6.45) is 0.515.